The van der Waals surface area contributed by atoms with Gasteiger partial charge in [0.15, 0.2) is 5.82 Å². The van der Waals surface area contributed by atoms with Gasteiger partial charge in [0.05, 0.1) is 0 Å². The van der Waals surface area contributed by atoms with E-state index in [1.165, 1.54) is 0 Å². The number of anilines is 1. The lowest BCUT2D eigenvalue weighted by molar-refractivity contribution is 0.392. The second-order valence-electron chi connectivity index (χ2n) is 5.39. The number of aryl methyl sites for hydroxylation is 2. The molecule has 20 heavy (non-hydrogen) atoms. The maximum atomic E-state index is 6.02. The Balaban J connectivity index is 2.39. The first kappa shape index (κ1) is 14.5. The van der Waals surface area contributed by atoms with Gasteiger partial charge in [-0.1, -0.05) is 32.8 Å². The maximum absolute atomic E-state index is 6.02. The van der Waals surface area contributed by atoms with Crippen molar-refractivity contribution in [1.82, 2.24) is 20.2 Å². The molecule has 108 valence electrons. The molecule has 0 unspecified atom stereocenters. The highest BCUT2D eigenvalue weighted by molar-refractivity contribution is 5.67. The number of nitrogens with zero attached hydrogens (tertiary/aromatic N) is 4. The molecule has 2 N–H and O–H groups in total. The van der Waals surface area contributed by atoms with Crippen LogP contribution >= 0.6 is 0 Å². The number of nitrogen functional groups attached to an aromatic ring is 1. The van der Waals surface area contributed by atoms with Gasteiger partial charge in [0, 0.05) is 17.8 Å². The molecule has 1 aromatic heterocycles. The zero-order valence-corrected chi connectivity index (χ0v) is 12.7. The molecular weight excluding hydrogens is 250 g/mol. The standard InChI is InChI=1S/C15H23N5/c1-5-12(6-2)9-20-15(17-18-19-20)13-8-14(16)11(4)7-10(13)3/h7-8,12H,5-6,9,16H2,1-4H3. The van der Waals surface area contributed by atoms with Gasteiger partial charge < -0.3 is 5.73 Å². The van der Waals surface area contributed by atoms with Crippen molar-refractivity contribution in [3.8, 4) is 11.4 Å². The first-order valence-corrected chi connectivity index (χ1v) is 7.20. The van der Waals surface area contributed by atoms with Crippen LogP contribution in [0.4, 0.5) is 5.69 Å². The molecule has 0 aliphatic heterocycles. The lowest BCUT2D eigenvalue weighted by Gasteiger charge is -2.14. The van der Waals surface area contributed by atoms with E-state index in [-0.39, 0.29) is 0 Å². The van der Waals surface area contributed by atoms with Crippen molar-refractivity contribution in [2.45, 2.75) is 47.1 Å². The van der Waals surface area contributed by atoms with Crippen molar-refractivity contribution in [1.29, 1.82) is 0 Å². The van der Waals surface area contributed by atoms with E-state index < -0.39 is 0 Å². The minimum absolute atomic E-state index is 0.598. The van der Waals surface area contributed by atoms with Gasteiger partial charge in [-0.15, -0.1) is 5.10 Å². The van der Waals surface area contributed by atoms with Crippen molar-refractivity contribution in [2.24, 2.45) is 5.92 Å². The molecule has 0 saturated carbocycles. The van der Waals surface area contributed by atoms with E-state index in [2.05, 4.69) is 42.4 Å². The molecule has 1 heterocycles. The van der Waals surface area contributed by atoms with Crippen molar-refractivity contribution in [3.05, 3.63) is 23.3 Å². The third-order valence-electron chi connectivity index (χ3n) is 3.97. The highest BCUT2D eigenvalue weighted by Gasteiger charge is 2.15. The molecule has 0 radical (unpaired) electrons. The molecule has 2 aromatic rings. The minimum Gasteiger partial charge on any atom is -0.398 e. The van der Waals surface area contributed by atoms with Crippen molar-refractivity contribution >= 4 is 5.69 Å². The highest BCUT2D eigenvalue weighted by Crippen LogP contribution is 2.26. The summed E-state index contributed by atoms with van der Waals surface area (Å²) in [5.74, 6) is 1.40. The van der Waals surface area contributed by atoms with Crippen LogP contribution in [0.2, 0.25) is 0 Å². The summed E-state index contributed by atoms with van der Waals surface area (Å²) < 4.78 is 1.90. The lowest BCUT2D eigenvalue weighted by Crippen LogP contribution is -2.12. The van der Waals surface area contributed by atoms with Gasteiger partial charge >= 0.3 is 0 Å². The van der Waals surface area contributed by atoms with Crippen LogP contribution in [0.15, 0.2) is 12.1 Å². The fraction of sp³-hybridized carbons (Fsp3) is 0.533. The third kappa shape index (κ3) is 2.81. The smallest absolute Gasteiger partial charge is 0.182 e. The number of rotatable bonds is 5. The molecule has 0 aliphatic carbocycles. The Morgan fingerprint density at radius 1 is 1.15 bits per heavy atom. The number of tetrazole rings is 1. The number of nitrogens with two attached hydrogens (primary N) is 1. The Labute approximate surface area is 120 Å². The van der Waals surface area contributed by atoms with Gasteiger partial charge in [0.1, 0.15) is 0 Å². The van der Waals surface area contributed by atoms with Gasteiger partial charge in [-0.2, -0.15) is 0 Å². The van der Waals surface area contributed by atoms with Crippen molar-refractivity contribution in [2.75, 3.05) is 5.73 Å². The molecule has 0 amide bonds. The average molecular weight is 273 g/mol. The Morgan fingerprint density at radius 3 is 2.50 bits per heavy atom. The lowest BCUT2D eigenvalue weighted by atomic mass is 10.0. The topological polar surface area (TPSA) is 69.6 Å². The Morgan fingerprint density at radius 2 is 1.85 bits per heavy atom. The van der Waals surface area contributed by atoms with Gasteiger partial charge in [0.25, 0.3) is 0 Å². The third-order valence-corrected chi connectivity index (χ3v) is 3.97. The van der Waals surface area contributed by atoms with Crippen LogP contribution < -0.4 is 5.73 Å². The van der Waals surface area contributed by atoms with E-state index in [4.69, 9.17) is 5.73 Å². The Bertz CT molecular complexity index is 584. The van der Waals surface area contributed by atoms with Gasteiger partial charge in [-0.25, -0.2) is 4.68 Å². The molecule has 0 fully saturated rings. The van der Waals surface area contributed by atoms with Crippen LogP contribution in [0.3, 0.4) is 0 Å². The fourth-order valence-electron chi connectivity index (χ4n) is 2.42. The number of hydrogen-bond acceptors (Lipinski definition) is 4. The summed E-state index contributed by atoms with van der Waals surface area (Å²) in [7, 11) is 0. The Hall–Kier alpha value is -1.91. The van der Waals surface area contributed by atoms with E-state index >= 15 is 0 Å². The first-order valence-electron chi connectivity index (χ1n) is 7.20. The van der Waals surface area contributed by atoms with Crippen LogP contribution in [0.1, 0.15) is 37.8 Å². The van der Waals surface area contributed by atoms with Crippen LogP contribution in [-0.4, -0.2) is 20.2 Å². The van der Waals surface area contributed by atoms with Crippen LogP contribution in [0.5, 0.6) is 0 Å². The molecular formula is C15H23N5. The normalized spacial score (nSPS) is 11.2. The summed E-state index contributed by atoms with van der Waals surface area (Å²) in [6, 6.07) is 4.06. The van der Waals surface area contributed by atoms with E-state index in [1.807, 2.05) is 17.7 Å². The number of hydrogen-bond donors (Lipinski definition) is 1. The molecule has 1 aromatic carbocycles. The predicted molar refractivity (Wildman–Crippen MR) is 81.2 cm³/mol. The molecule has 5 heteroatoms. The molecule has 0 spiro atoms. The summed E-state index contributed by atoms with van der Waals surface area (Å²) in [4.78, 5) is 0. The van der Waals surface area contributed by atoms with Crippen molar-refractivity contribution < 1.29 is 0 Å². The number of benzene rings is 1. The summed E-state index contributed by atoms with van der Waals surface area (Å²) in [6.45, 7) is 9.33. The summed E-state index contributed by atoms with van der Waals surface area (Å²) in [5, 5.41) is 12.2. The fourth-order valence-corrected chi connectivity index (χ4v) is 2.42. The first-order chi connectivity index (χ1) is 9.56. The summed E-state index contributed by atoms with van der Waals surface area (Å²) in [6.07, 6.45) is 2.26. The predicted octanol–water partition coefficient (Wildman–Crippen LogP) is 2.98. The van der Waals surface area contributed by atoms with Gasteiger partial charge in [0.2, 0.25) is 0 Å². The highest BCUT2D eigenvalue weighted by atomic mass is 15.5. The summed E-state index contributed by atoms with van der Waals surface area (Å²) in [5.41, 5.74) is 10.1. The van der Waals surface area contributed by atoms with E-state index in [1.54, 1.807) is 0 Å². The molecule has 0 bridgehead atoms. The van der Waals surface area contributed by atoms with Gasteiger partial charge in [-0.05, 0) is 47.4 Å². The van der Waals surface area contributed by atoms with E-state index in [0.717, 1.165) is 47.6 Å². The van der Waals surface area contributed by atoms with E-state index in [9.17, 15) is 0 Å². The SMILES string of the molecule is CCC(CC)Cn1nnnc1-c1cc(N)c(C)cc1C. The Kier molecular flexibility index (Phi) is 4.37. The molecule has 0 saturated heterocycles. The summed E-state index contributed by atoms with van der Waals surface area (Å²) >= 11 is 0. The monoisotopic (exact) mass is 273 g/mol. The quantitative estimate of drug-likeness (QED) is 0.850. The van der Waals surface area contributed by atoms with Gasteiger partial charge in [-0.3, -0.25) is 0 Å². The van der Waals surface area contributed by atoms with E-state index in [0.29, 0.717) is 5.92 Å². The molecule has 0 aliphatic rings. The van der Waals surface area contributed by atoms with Crippen LogP contribution in [-0.2, 0) is 6.54 Å². The van der Waals surface area contributed by atoms with Crippen LogP contribution in [0, 0.1) is 19.8 Å². The largest absolute Gasteiger partial charge is 0.398 e. The van der Waals surface area contributed by atoms with Crippen LogP contribution in [0.25, 0.3) is 11.4 Å². The molecule has 5 nitrogen and oxygen atoms in total. The zero-order valence-electron chi connectivity index (χ0n) is 12.7. The molecule has 0 atom stereocenters. The zero-order chi connectivity index (χ0) is 14.7. The van der Waals surface area contributed by atoms with Crippen molar-refractivity contribution in [3.63, 3.8) is 0 Å². The second kappa shape index (κ2) is 6.03. The maximum Gasteiger partial charge on any atom is 0.182 e. The average Bonchev–Trinajstić information content (AvgIpc) is 2.88. The number of aromatic nitrogens is 4. The molecule has 2 rings (SSSR count). The second-order valence-corrected chi connectivity index (χ2v) is 5.39. The minimum atomic E-state index is 0.598.